The highest BCUT2D eigenvalue weighted by Crippen LogP contribution is 2.23. The number of methoxy groups -OCH3 is 1. The predicted molar refractivity (Wildman–Crippen MR) is 106 cm³/mol. The molecule has 0 amide bonds. The molecule has 0 atom stereocenters. The fraction of sp³-hybridized carbons (Fsp3) is 0.444. The van der Waals surface area contributed by atoms with Crippen molar-refractivity contribution in [1.82, 2.24) is 15.6 Å². The molecule has 0 spiro atoms. The third-order valence-corrected chi connectivity index (χ3v) is 5.02. The molecule has 0 radical (unpaired) electrons. The van der Waals surface area contributed by atoms with Crippen molar-refractivity contribution in [2.75, 3.05) is 20.2 Å². The average molecular weight is 381 g/mol. The predicted octanol–water partition coefficient (Wildman–Crippen LogP) is 3.67. The molecule has 2 N–H and O–H groups in total. The fourth-order valence-corrected chi connectivity index (χ4v) is 3.29. The summed E-state index contributed by atoms with van der Waals surface area (Å²) in [5, 5.41) is 8.42. The van der Waals surface area contributed by atoms with Crippen LogP contribution in [0.4, 0.5) is 0 Å². The molecule has 0 saturated carbocycles. The Balaban J connectivity index is 1.93. The zero-order valence-corrected chi connectivity index (χ0v) is 16.5. The van der Waals surface area contributed by atoms with E-state index in [1.807, 2.05) is 18.3 Å². The van der Waals surface area contributed by atoms with Crippen LogP contribution in [0.3, 0.4) is 0 Å². The third kappa shape index (κ3) is 6.21. The number of rotatable bonds is 8. The summed E-state index contributed by atoms with van der Waals surface area (Å²) in [5.41, 5.74) is 0.997. The molecule has 0 aliphatic heterocycles. The number of ether oxygens (including phenoxy) is 1. The zero-order valence-electron chi connectivity index (χ0n) is 14.9. The zero-order chi connectivity index (χ0) is 18.1. The molecule has 1 aromatic carbocycles. The van der Waals surface area contributed by atoms with E-state index in [-0.39, 0.29) is 0 Å². The van der Waals surface area contributed by atoms with Gasteiger partial charge < -0.3 is 15.4 Å². The van der Waals surface area contributed by atoms with Crippen LogP contribution in [0, 0.1) is 0 Å². The highest BCUT2D eigenvalue weighted by molar-refractivity contribution is 7.11. The molecule has 1 heterocycles. The topological polar surface area (TPSA) is 58.5 Å². The van der Waals surface area contributed by atoms with Gasteiger partial charge in [-0.3, -0.25) is 0 Å². The van der Waals surface area contributed by atoms with Crippen LogP contribution in [0.25, 0.3) is 0 Å². The molecule has 0 bridgehead atoms. The minimum Gasteiger partial charge on any atom is -0.496 e. The first-order valence-electron chi connectivity index (χ1n) is 8.44. The number of guanidine groups is 1. The minimum atomic E-state index is 0.521. The summed E-state index contributed by atoms with van der Waals surface area (Å²) in [7, 11) is 1.64. The lowest BCUT2D eigenvalue weighted by atomic mass is 10.2. The standard InChI is InChI=1S/C18H25ClN4OS/c1-4-15-12-22-17(25-15)8-9-21-18(20-5-2)23-11-13-6-7-14(19)10-16(13)24-3/h6-7,10,12H,4-5,8-9,11H2,1-3H3,(H2,20,21,23). The van der Waals surface area contributed by atoms with Crippen LogP contribution in [0.2, 0.25) is 5.02 Å². The van der Waals surface area contributed by atoms with E-state index in [1.165, 1.54) is 4.88 Å². The van der Waals surface area contributed by atoms with Crippen molar-refractivity contribution in [1.29, 1.82) is 0 Å². The Morgan fingerprint density at radius 2 is 2.16 bits per heavy atom. The van der Waals surface area contributed by atoms with Gasteiger partial charge in [-0.05, 0) is 25.5 Å². The van der Waals surface area contributed by atoms with E-state index in [1.54, 1.807) is 24.5 Å². The van der Waals surface area contributed by atoms with Crippen molar-refractivity contribution in [3.63, 3.8) is 0 Å². The summed E-state index contributed by atoms with van der Waals surface area (Å²) >= 11 is 7.78. The van der Waals surface area contributed by atoms with E-state index in [2.05, 4.69) is 34.5 Å². The van der Waals surface area contributed by atoms with Gasteiger partial charge in [-0.2, -0.15) is 0 Å². The Hall–Kier alpha value is -1.79. The number of hydrogen-bond acceptors (Lipinski definition) is 4. The number of nitrogens with one attached hydrogen (secondary N) is 2. The molecule has 7 heteroatoms. The van der Waals surface area contributed by atoms with Gasteiger partial charge in [0.2, 0.25) is 0 Å². The van der Waals surface area contributed by atoms with Crippen molar-refractivity contribution in [2.45, 2.75) is 33.2 Å². The minimum absolute atomic E-state index is 0.521. The van der Waals surface area contributed by atoms with Gasteiger partial charge in [-0.15, -0.1) is 11.3 Å². The molecular formula is C18H25ClN4OS. The number of halogens is 1. The van der Waals surface area contributed by atoms with E-state index in [0.29, 0.717) is 11.6 Å². The number of aryl methyl sites for hydroxylation is 1. The Kier molecular flexibility index (Phi) is 8.01. The first-order valence-corrected chi connectivity index (χ1v) is 9.63. The quantitative estimate of drug-likeness (QED) is 0.542. The first-order chi connectivity index (χ1) is 12.2. The maximum atomic E-state index is 6.00. The maximum Gasteiger partial charge on any atom is 0.191 e. The van der Waals surface area contributed by atoms with Crippen molar-refractivity contribution < 1.29 is 4.74 Å². The number of thiazole rings is 1. The average Bonchev–Trinajstić information content (AvgIpc) is 3.08. The third-order valence-electron chi connectivity index (χ3n) is 3.58. The van der Waals surface area contributed by atoms with Gasteiger partial charge in [0.05, 0.1) is 18.7 Å². The molecule has 2 rings (SSSR count). The largest absolute Gasteiger partial charge is 0.496 e. The summed E-state index contributed by atoms with van der Waals surface area (Å²) in [4.78, 5) is 10.4. The normalized spacial score (nSPS) is 11.4. The van der Waals surface area contributed by atoms with E-state index in [9.17, 15) is 0 Å². The second-order valence-electron chi connectivity index (χ2n) is 5.40. The SMILES string of the molecule is CCNC(=NCc1ccc(Cl)cc1OC)NCCc1ncc(CC)s1. The number of aliphatic imine (C=N–C) groups is 1. The van der Waals surface area contributed by atoms with E-state index in [4.69, 9.17) is 16.3 Å². The number of nitrogens with zero attached hydrogens (tertiary/aromatic N) is 2. The monoisotopic (exact) mass is 380 g/mol. The van der Waals surface area contributed by atoms with Gasteiger partial charge in [0.25, 0.3) is 0 Å². The highest BCUT2D eigenvalue weighted by atomic mass is 35.5. The second kappa shape index (κ2) is 10.3. The second-order valence-corrected chi connectivity index (χ2v) is 7.04. The number of benzene rings is 1. The molecular weight excluding hydrogens is 356 g/mol. The Labute approximate surface area is 158 Å². The highest BCUT2D eigenvalue weighted by Gasteiger charge is 2.05. The van der Waals surface area contributed by atoms with Crippen LogP contribution >= 0.6 is 22.9 Å². The van der Waals surface area contributed by atoms with Crippen molar-refractivity contribution in [3.8, 4) is 5.75 Å². The number of aromatic nitrogens is 1. The van der Waals surface area contributed by atoms with E-state index in [0.717, 1.165) is 48.2 Å². The van der Waals surface area contributed by atoms with Crippen LogP contribution in [-0.2, 0) is 19.4 Å². The molecule has 136 valence electrons. The smallest absolute Gasteiger partial charge is 0.191 e. The summed E-state index contributed by atoms with van der Waals surface area (Å²) < 4.78 is 5.37. The lowest BCUT2D eigenvalue weighted by Crippen LogP contribution is -2.38. The lowest BCUT2D eigenvalue weighted by Gasteiger charge is -2.12. The molecule has 5 nitrogen and oxygen atoms in total. The van der Waals surface area contributed by atoms with Crippen LogP contribution in [0.1, 0.15) is 29.3 Å². The van der Waals surface area contributed by atoms with E-state index >= 15 is 0 Å². The van der Waals surface area contributed by atoms with Crippen LogP contribution < -0.4 is 15.4 Å². The summed E-state index contributed by atoms with van der Waals surface area (Å²) in [6.45, 7) is 6.32. The molecule has 0 fully saturated rings. The summed E-state index contributed by atoms with van der Waals surface area (Å²) in [5.74, 6) is 1.54. The Bertz CT molecular complexity index is 702. The van der Waals surface area contributed by atoms with Gasteiger partial charge in [0, 0.05) is 41.2 Å². The fourth-order valence-electron chi connectivity index (χ4n) is 2.27. The van der Waals surface area contributed by atoms with Gasteiger partial charge in [0.1, 0.15) is 5.75 Å². The van der Waals surface area contributed by atoms with Gasteiger partial charge in [-0.25, -0.2) is 9.98 Å². The maximum absolute atomic E-state index is 6.00. The molecule has 0 aliphatic rings. The summed E-state index contributed by atoms with van der Waals surface area (Å²) in [6, 6.07) is 5.60. The molecule has 25 heavy (non-hydrogen) atoms. The molecule has 0 unspecified atom stereocenters. The molecule has 2 aromatic rings. The molecule has 1 aromatic heterocycles. The van der Waals surface area contributed by atoms with Crippen molar-refractivity contribution >= 4 is 28.9 Å². The van der Waals surface area contributed by atoms with Crippen molar-refractivity contribution in [2.24, 2.45) is 4.99 Å². The van der Waals surface area contributed by atoms with Gasteiger partial charge in [0.15, 0.2) is 5.96 Å². The van der Waals surface area contributed by atoms with E-state index < -0.39 is 0 Å². The van der Waals surface area contributed by atoms with Crippen molar-refractivity contribution in [3.05, 3.63) is 44.9 Å². The van der Waals surface area contributed by atoms with Gasteiger partial charge >= 0.3 is 0 Å². The van der Waals surface area contributed by atoms with Crippen LogP contribution in [0.15, 0.2) is 29.4 Å². The number of hydrogen-bond donors (Lipinski definition) is 2. The Morgan fingerprint density at radius 1 is 1.32 bits per heavy atom. The lowest BCUT2D eigenvalue weighted by molar-refractivity contribution is 0.410. The molecule has 0 aliphatic carbocycles. The Morgan fingerprint density at radius 3 is 2.84 bits per heavy atom. The van der Waals surface area contributed by atoms with Crippen LogP contribution in [-0.4, -0.2) is 31.1 Å². The summed E-state index contributed by atoms with van der Waals surface area (Å²) in [6.07, 6.45) is 3.89. The van der Waals surface area contributed by atoms with Crippen LogP contribution in [0.5, 0.6) is 5.75 Å². The molecule has 0 saturated heterocycles. The first kappa shape index (κ1) is 19.5. The van der Waals surface area contributed by atoms with Gasteiger partial charge in [-0.1, -0.05) is 24.6 Å².